The van der Waals surface area contributed by atoms with Crippen LogP contribution in [0, 0.1) is 17.8 Å². The third-order valence-electron chi connectivity index (χ3n) is 3.96. The van der Waals surface area contributed by atoms with Crippen LogP contribution in [0.1, 0.15) is 48.8 Å². The lowest BCUT2D eigenvalue weighted by Crippen LogP contribution is -2.29. The second-order valence-electron chi connectivity index (χ2n) is 5.46. The minimum Gasteiger partial charge on any atom is -0.395 e. The predicted molar refractivity (Wildman–Crippen MR) is 85.9 cm³/mol. The normalized spacial score (nSPS) is 19.0. The Balaban J connectivity index is 1.94. The van der Waals surface area contributed by atoms with Gasteiger partial charge in [0.2, 0.25) is 5.91 Å². The van der Waals surface area contributed by atoms with Gasteiger partial charge in [-0.15, -0.1) is 11.3 Å². The molecule has 1 fully saturated rings. The molecule has 0 spiro atoms. The number of carbonyl (C=O) groups is 1. The van der Waals surface area contributed by atoms with E-state index < -0.39 is 0 Å². The highest BCUT2D eigenvalue weighted by Gasteiger charge is 2.21. The molecule has 1 N–H and O–H groups in total. The van der Waals surface area contributed by atoms with E-state index in [2.05, 4.69) is 24.8 Å². The number of thiophene rings is 1. The van der Waals surface area contributed by atoms with Crippen LogP contribution in [0.25, 0.3) is 0 Å². The molecule has 0 saturated carbocycles. The van der Waals surface area contributed by atoms with Crippen LogP contribution < -0.4 is 0 Å². The first-order valence-corrected chi connectivity index (χ1v) is 8.50. The van der Waals surface area contributed by atoms with Crippen molar-refractivity contribution >= 4 is 17.2 Å². The van der Waals surface area contributed by atoms with E-state index in [1.165, 1.54) is 11.3 Å². The third-order valence-corrected chi connectivity index (χ3v) is 4.95. The van der Waals surface area contributed by atoms with Crippen molar-refractivity contribution in [1.82, 2.24) is 4.90 Å². The molecular formula is C17H23NO2S. The lowest BCUT2D eigenvalue weighted by atomic mass is 9.98. The van der Waals surface area contributed by atoms with E-state index in [9.17, 15) is 4.79 Å². The molecule has 1 aliphatic rings. The van der Waals surface area contributed by atoms with Gasteiger partial charge >= 0.3 is 0 Å². The molecule has 4 heteroatoms. The molecule has 0 aliphatic carbocycles. The standard InChI is InChI=1S/C17H23NO2S/c1-2-14-6-9-17(20)18(11-10-14)13-16-8-7-15(21-16)5-3-4-12-19/h7-8,14,19H,2,4,6,9-13H2,1H3. The highest BCUT2D eigenvalue weighted by molar-refractivity contribution is 7.12. The average molecular weight is 305 g/mol. The monoisotopic (exact) mass is 305 g/mol. The van der Waals surface area contributed by atoms with E-state index in [1.54, 1.807) is 11.3 Å². The summed E-state index contributed by atoms with van der Waals surface area (Å²) < 4.78 is 0. The molecule has 21 heavy (non-hydrogen) atoms. The van der Waals surface area contributed by atoms with Crippen LogP contribution in [-0.2, 0) is 11.3 Å². The smallest absolute Gasteiger partial charge is 0.222 e. The Labute approximate surface area is 131 Å². The Morgan fingerprint density at radius 1 is 1.43 bits per heavy atom. The second kappa shape index (κ2) is 8.21. The summed E-state index contributed by atoms with van der Waals surface area (Å²) in [5.74, 6) is 6.96. The lowest BCUT2D eigenvalue weighted by Gasteiger charge is -2.19. The van der Waals surface area contributed by atoms with Gasteiger partial charge in [0.25, 0.3) is 0 Å². The molecule has 1 aromatic heterocycles. The Bertz CT molecular complexity index is 526. The maximum absolute atomic E-state index is 12.2. The molecule has 2 rings (SSSR count). The van der Waals surface area contributed by atoms with Crippen LogP contribution in [0.5, 0.6) is 0 Å². The van der Waals surface area contributed by atoms with Gasteiger partial charge in [-0.2, -0.15) is 0 Å². The number of hydrogen-bond donors (Lipinski definition) is 1. The van der Waals surface area contributed by atoms with Gasteiger partial charge in [0.05, 0.1) is 18.0 Å². The Kier molecular flexibility index (Phi) is 6.28. The summed E-state index contributed by atoms with van der Waals surface area (Å²) in [7, 11) is 0. The van der Waals surface area contributed by atoms with Crippen molar-refractivity contribution in [2.24, 2.45) is 5.92 Å². The van der Waals surface area contributed by atoms with Gasteiger partial charge in [-0.3, -0.25) is 4.79 Å². The van der Waals surface area contributed by atoms with Crippen molar-refractivity contribution in [3.05, 3.63) is 21.9 Å². The van der Waals surface area contributed by atoms with E-state index in [0.717, 1.165) is 24.3 Å². The number of rotatable bonds is 4. The summed E-state index contributed by atoms with van der Waals surface area (Å²) in [5.41, 5.74) is 0. The van der Waals surface area contributed by atoms with Crippen LogP contribution in [0.3, 0.4) is 0 Å². The van der Waals surface area contributed by atoms with Crippen molar-refractivity contribution in [3.8, 4) is 11.8 Å². The number of nitrogens with zero attached hydrogens (tertiary/aromatic N) is 1. The average Bonchev–Trinajstić information content (AvgIpc) is 2.85. The number of amides is 1. The molecule has 1 amide bonds. The quantitative estimate of drug-likeness (QED) is 0.869. The molecule has 0 bridgehead atoms. The van der Waals surface area contributed by atoms with Gasteiger partial charge in [-0.1, -0.05) is 25.2 Å². The van der Waals surface area contributed by atoms with Crippen molar-refractivity contribution in [1.29, 1.82) is 0 Å². The minimum atomic E-state index is 0.103. The summed E-state index contributed by atoms with van der Waals surface area (Å²) in [4.78, 5) is 16.4. The van der Waals surface area contributed by atoms with Crippen LogP contribution in [0.4, 0.5) is 0 Å². The largest absolute Gasteiger partial charge is 0.395 e. The molecule has 1 aromatic rings. The summed E-state index contributed by atoms with van der Waals surface area (Å²) >= 11 is 1.64. The first kappa shape index (κ1) is 16.1. The Morgan fingerprint density at radius 2 is 2.29 bits per heavy atom. The Morgan fingerprint density at radius 3 is 3.05 bits per heavy atom. The summed E-state index contributed by atoms with van der Waals surface area (Å²) in [6, 6.07) is 4.06. The van der Waals surface area contributed by atoms with Gasteiger partial charge in [0, 0.05) is 24.3 Å². The fourth-order valence-corrected chi connectivity index (χ4v) is 3.49. The van der Waals surface area contributed by atoms with Crippen LogP contribution in [-0.4, -0.2) is 29.1 Å². The molecule has 1 aliphatic heterocycles. The summed E-state index contributed by atoms with van der Waals surface area (Å²) in [5, 5.41) is 8.72. The number of aliphatic hydroxyl groups excluding tert-OH is 1. The molecular weight excluding hydrogens is 282 g/mol. The molecule has 114 valence electrons. The highest BCUT2D eigenvalue weighted by atomic mass is 32.1. The zero-order valence-electron chi connectivity index (χ0n) is 12.6. The lowest BCUT2D eigenvalue weighted by molar-refractivity contribution is -0.131. The van der Waals surface area contributed by atoms with E-state index in [1.807, 2.05) is 11.0 Å². The summed E-state index contributed by atoms with van der Waals surface area (Å²) in [6.07, 6.45) is 4.53. The van der Waals surface area contributed by atoms with E-state index in [0.29, 0.717) is 25.3 Å². The van der Waals surface area contributed by atoms with Crippen LogP contribution in [0.2, 0.25) is 0 Å². The summed E-state index contributed by atoms with van der Waals surface area (Å²) in [6.45, 7) is 3.90. The molecule has 3 nitrogen and oxygen atoms in total. The highest BCUT2D eigenvalue weighted by Crippen LogP contribution is 2.24. The van der Waals surface area contributed by atoms with Gasteiger partial charge in [0.15, 0.2) is 0 Å². The topological polar surface area (TPSA) is 40.5 Å². The second-order valence-corrected chi connectivity index (χ2v) is 6.63. The maximum atomic E-state index is 12.2. The van der Waals surface area contributed by atoms with Crippen LogP contribution in [0.15, 0.2) is 12.1 Å². The molecule has 0 aromatic carbocycles. The number of hydrogen-bond acceptors (Lipinski definition) is 3. The molecule has 2 heterocycles. The van der Waals surface area contributed by atoms with E-state index in [4.69, 9.17) is 5.11 Å². The van der Waals surface area contributed by atoms with Crippen molar-refractivity contribution in [3.63, 3.8) is 0 Å². The van der Waals surface area contributed by atoms with Gasteiger partial charge in [0.1, 0.15) is 0 Å². The zero-order chi connectivity index (χ0) is 15.1. The zero-order valence-corrected chi connectivity index (χ0v) is 13.4. The Hall–Kier alpha value is -1.31. The van der Waals surface area contributed by atoms with Crippen molar-refractivity contribution in [2.75, 3.05) is 13.2 Å². The van der Waals surface area contributed by atoms with Gasteiger partial charge in [-0.05, 0) is 30.9 Å². The van der Waals surface area contributed by atoms with E-state index >= 15 is 0 Å². The molecule has 1 unspecified atom stereocenters. The first-order valence-electron chi connectivity index (χ1n) is 7.69. The fourth-order valence-electron chi connectivity index (χ4n) is 2.59. The molecule has 1 atom stereocenters. The van der Waals surface area contributed by atoms with Gasteiger partial charge < -0.3 is 10.0 Å². The van der Waals surface area contributed by atoms with Crippen molar-refractivity contribution < 1.29 is 9.90 Å². The number of carbonyl (C=O) groups excluding carboxylic acids is 1. The molecule has 1 saturated heterocycles. The molecule has 0 radical (unpaired) electrons. The van der Waals surface area contributed by atoms with Crippen LogP contribution >= 0.6 is 11.3 Å². The van der Waals surface area contributed by atoms with E-state index in [-0.39, 0.29) is 12.5 Å². The SMILES string of the molecule is CCC1CCC(=O)N(Cc2ccc(C#CCCO)s2)CC1. The minimum absolute atomic E-state index is 0.103. The van der Waals surface area contributed by atoms with Crippen molar-refractivity contribution in [2.45, 2.75) is 45.6 Å². The maximum Gasteiger partial charge on any atom is 0.222 e. The third kappa shape index (κ3) is 4.87. The fraction of sp³-hybridized carbons (Fsp3) is 0.588. The predicted octanol–water partition coefficient (Wildman–Crippen LogP) is 3.02. The number of likely N-dealkylation sites (tertiary alicyclic amines) is 1. The van der Waals surface area contributed by atoms with Gasteiger partial charge in [-0.25, -0.2) is 0 Å². The first-order chi connectivity index (χ1) is 10.2. The number of aliphatic hydroxyl groups is 1.